The van der Waals surface area contributed by atoms with Gasteiger partial charge in [-0.25, -0.2) is 8.42 Å². The van der Waals surface area contributed by atoms with Gasteiger partial charge in [0.25, 0.3) is 0 Å². The average Bonchev–Trinajstić information content (AvgIpc) is 2.66. The number of benzene rings is 1. The van der Waals surface area contributed by atoms with E-state index in [1.165, 1.54) is 4.31 Å². The number of nitrogens with one attached hydrogen (secondary N) is 2. The molecule has 0 aromatic heterocycles. The first-order valence-corrected chi connectivity index (χ1v) is 10.9. The minimum Gasteiger partial charge on any atom is -0.382 e. The van der Waals surface area contributed by atoms with Crippen LogP contribution >= 0.6 is 24.0 Å². The number of sulfonamides is 1. The third kappa shape index (κ3) is 9.06. The molecule has 1 rings (SSSR count). The Morgan fingerprint density at radius 1 is 1.18 bits per heavy atom. The van der Waals surface area contributed by atoms with Gasteiger partial charge in [0.05, 0.1) is 4.90 Å². The predicted molar refractivity (Wildman–Crippen MR) is 126 cm³/mol. The molecule has 1 aromatic carbocycles. The number of nitrogens with zero attached hydrogens (tertiary/aromatic N) is 2. The van der Waals surface area contributed by atoms with Crippen LogP contribution in [0.4, 0.5) is 0 Å². The Morgan fingerprint density at radius 3 is 2.36 bits per heavy atom. The van der Waals surface area contributed by atoms with Gasteiger partial charge in [-0.05, 0) is 51.3 Å². The molecule has 0 spiro atoms. The molecule has 1 aromatic rings. The van der Waals surface area contributed by atoms with Crippen molar-refractivity contribution in [3.05, 3.63) is 29.8 Å². The van der Waals surface area contributed by atoms with Crippen molar-refractivity contribution in [1.29, 1.82) is 0 Å². The van der Waals surface area contributed by atoms with Crippen LogP contribution in [-0.2, 0) is 21.3 Å². The highest BCUT2D eigenvalue weighted by Gasteiger charge is 2.22. The first-order valence-electron chi connectivity index (χ1n) is 9.42. The zero-order valence-electron chi connectivity index (χ0n) is 17.6. The largest absolute Gasteiger partial charge is 0.382 e. The number of hydrogen-bond acceptors (Lipinski definition) is 4. The Labute approximate surface area is 187 Å². The summed E-state index contributed by atoms with van der Waals surface area (Å²) < 4.78 is 31.7. The van der Waals surface area contributed by atoms with Gasteiger partial charge in [-0.15, -0.1) is 24.0 Å². The maximum Gasteiger partial charge on any atom is 0.243 e. The normalized spacial score (nSPS) is 12.2. The topological polar surface area (TPSA) is 83.0 Å². The van der Waals surface area contributed by atoms with Crippen molar-refractivity contribution in [3.63, 3.8) is 0 Å². The third-order valence-electron chi connectivity index (χ3n) is 4.22. The van der Waals surface area contributed by atoms with E-state index >= 15 is 0 Å². The van der Waals surface area contributed by atoms with Crippen LogP contribution in [0.25, 0.3) is 0 Å². The maximum absolute atomic E-state index is 12.5. The first kappa shape index (κ1) is 27.1. The fraction of sp³-hybridized carbons (Fsp3) is 0.632. The molecule has 0 amide bonds. The van der Waals surface area contributed by atoms with E-state index < -0.39 is 10.0 Å². The van der Waals surface area contributed by atoms with Crippen LogP contribution in [0, 0.1) is 0 Å². The second-order valence-corrected chi connectivity index (χ2v) is 8.51. The number of rotatable bonds is 11. The Bertz CT molecular complexity index is 679. The highest BCUT2D eigenvalue weighted by Crippen LogP contribution is 2.17. The summed E-state index contributed by atoms with van der Waals surface area (Å²) in [5.74, 6) is 0.725. The van der Waals surface area contributed by atoms with Crippen molar-refractivity contribution in [2.24, 2.45) is 4.99 Å². The summed E-state index contributed by atoms with van der Waals surface area (Å²) in [5, 5.41) is 6.50. The highest BCUT2D eigenvalue weighted by atomic mass is 127. The SMILES string of the molecule is CCOCCCCNC(=NC)NCc1ccc(S(=O)(=O)N(C)C(C)C)cc1.I. The number of unbranched alkanes of at least 4 members (excludes halogenated alkanes) is 1. The number of halogens is 1. The van der Waals surface area contributed by atoms with Gasteiger partial charge in [-0.2, -0.15) is 4.31 Å². The zero-order chi connectivity index (χ0) is 20.3. The molecule has 162 valence electrons. The summed E-state index contributed by atoms with van der Waals surface area (Å²) in [7, 11) is -0.120. The summed E-state index contributed by atoms with van der Waals surface area (Å²) in [5.41, 5.74) is 0.987. The molecule has 0 unspecified atom stereocenters. The summed E-state index contributed by atoms with van der Waals surface area (Å²) in [4.78, 5) is 4.50. The van der Waals surface area contributed by atoms with E-state index in [1.807, 2.05) is 32.9 Å². The Balaban J connectivity index is 0.00000729. The molecule has 28 heavy (non-hydrogen) atoms. The minimum absolute atomic E-state index is 0. The fourth-order valence-corrected chi connectivity index (χ4v) is 3.68. The van der Waals surface area contributed by atoms with Crippen LogP contribution in [0.15, 0.2) is 34.2 Å². The minimum atomic E-state index is -3.45. The van der Waals surface area contributed by atoms with Gasteiger partial charge < -0.3 is 15.4 Å². The number of aliphatic imine (C=N–C) groups is 1. The standard InChI is InChI=1S/C19H34N4O3S.HI/c1-6-26-14-8-7-13-21-19(20-4)22-15-17-9-11-18(12-10-17)27(24,25)23(5)16(2)3;/h9-12,16H,6-8,13-15H2,1-5H3,(H2,20,21,22);1H. The summed E-state index contributed by atoms with van der Waals surface area (Å²) >= 11 is 0. The van der Waals surface area contributed by atoms with Gasteiger partial charge in [0.1, 0.15) is 0 Å². The van der Waals surface area contributed by atoms with Crippen molar-refractivity contribution in [2.75, 3.05) is 33.9 Å². The molecule has 0 aliphatic heterocycles. The average molecular weight is 526 g/mol. The highest BCUT2D eigenvalue weighted by molar-refractivity contribution is 14.0. The van der Waals surface area contributed by atoms with E-state index in [1.54, 1.807) is 26.2 Å². The van der Waals surface area contributed by atoms with Gasteiger partial charge in [0.2, 0.25) is 10.0 Å². The van der Waals surface area contributed by atoms with Crippen LogP contribution in [0.1, 0.15) is 39.2 Å². The van der Waals surface area contributed by atoms with Crippen molar-refractivity contribution < 1.29 is 13.2 Å². The fourth-order valence-electron chi connectivity index (χ4n) is 2.31. The van der Waals surface area contributed by atoms with Gasteiger partial charge in [-0.1, -0.05) is 12.1 Å². The molecule has 9 heteroatoms. The van der Waals surface area contributed by atoms with Gasteiger partial charge >= 0.3 is 0 Å². The number of ether oxygens (including phenoxy) is 1. The van der Waals surface area contributed by atoms with Crippen molar-refractivity contribution in [3.8, 4) is 0 Å². The smallest absolute Gasteiger partial charge is 0.243 e. The third-order valence-corrected chi connectivity index (χ3v) is 6.27. The van der Waals surface area contributed by atoms with E-state index in [2.05, 4.69) is 15.6 Å². The van der Waals surface area contributed by atoms with Crippen LogP contribution in [0.3, 0.4) is 0 Å². The van der Waals surface area contributed by atoms with Crippen LogP contribution in [0.5, 0.6) is 0 Å². The van der Waals surface area contributed by atoms with E-state index in [4.69, 9.17) is 4.74 Å². The molecular formula is C19H35IN4O3S. The lowest BCUT2D eigenvalue weighted by Crippen LogP contribution is -2.37. The number of hydrogen-bond donors (Lipinski definition) is 2. The summed E-state index contributed by atoms with van der Waals surface area (Å²) in [6.45, 7) is 8.63. The predicted octanol–water partition coefficient (Wildman–Crippen LogP) is 2.82. The van der Waals surface area contributed by atoms with E-state index in [9.17, 15) is 8.42 Å². The van der Waals surface area contributed by atoms with Crippen LogP contribution < -0.4 is 10.6 Å². The molecule has 0 fully saturated rings. The maximum atomic E-state index is 12.5. The van der Waals surface area contributed by atoms with E-state index in [0.29, 0.717) is 11.4 Å². The molecular weight excluding hydrogens is 491 g/mol. The molecule has 2 N–H and O–H groups in total. The summed E-state index contributed by atoms with van der Waals surface area (Å²) in [6, 6.07) is 6.86. The molecule has 0 radical (unpaired) electrons. The molecule has 0 aliphatic carbocycles. The lowest BCUT2D eigenvalue weighted by Gasteiger charge is -2.21. The Morgan fingerprint density at radius 2 is 1.82 bits per heavy atom. The first-order chi connectivity index (χ1) is 12.8. The lowest BCUT2D eigenvalue weighted by molar-refractivity contribution is 0.143. The van der Waals surface area contributed by atoms with Crippen LogP contribution in [0.2, 0.25) is 0 Å². The second-order valence-electron chi connectivity index (χ2n) is 6.52. The molecule has 0 heterocycles. The lowest BCUT2D eigenvalue weighted by atomic mass is 10.2. The van der Waals surface area contributed by atoms with Crippen molar-refractivity contribution in [2.45, 2.75) is 51.1 Å². The number of guanidine groups is 1. The molecule has 0 saturated carbocycles. The summed E-state index contributed by atoms with van der Waals surface area (Å²) in [6.07, 6.45) is 2.02. The van der Waals surface area contributed by atoms with E-state index in [0.717, 1.165) is 44.1 Å². The van der Waals surface area contributed by atoms with Crippen molar-refractivity contribution >= 4 is 40.0 Å². The monoisotopic (exact) mass is 526 g/mol. The zero-order valence-corrected chi connectivity index (χ0v) is 20.7. The molecule has 0 atom stereocenters. The van der Waals surface area contributed by atoms with Crippen molar-refractivity contribution in [1.82, 2.24) is 14.9 Å². The van der Waals surface area contributed by atoms with Gasteiger partial charge in [0.15, 0.2) is 5.96 Å². The Kier molecular flexibility index (Phi) is 13.7. The quantitative estimate of drug-likeness (QED) is 0.201. The van der Waals surface area contributed by atoms with Gasteiger partial charge in [0, 0.05) is 46.4 Å². The molecule has 0 saturated heterocycles. The molecule has 7 nitrogen and oxygen atoms in total. The second kappa shape index (κ2) is 14.1. The van der Waals surface area contributed by atoms with Gasteiger partial charge in [-0.3, -0.25) is 4.99 Å². The molecule has 0 aliphatic rings. The molecule has 0 bridgehead atoms. The van der Waals surface area contributed by atoms with E-state index in [-0.39, 0.29) is 30.0 Å². The van der Waals surface area contributed by atoms with Crippen LogP contribution in [-0.4, -0.2) is 58.6 Å². The Hall–Kier alpha value is -0.910.